The molecule has 1 fully saturated rings. The standard InChI is InChI=1S/C17H20N4O2/c1-2-15-19-14(13-4-3-7-18-11-13)10-16(20-15)21-8-5-12(6-9-21)17(22)23/h3-4,7,10-12H,2,5-6,8-9H2,1H3,(H,22,23). The first-order valence-corrected chi connectivity index (χ1v) is 7.93. The van der Waals surface area contributed by atoms with Gasteiger partial charge in [0.25, 0.3) is 0 Å². The van der Waals surface area contributed by atoms with Crippen molar-refractivity contribution in [3.8, 4) is 11.3 Å². The number of carbonyl (C=O) groups is 1. The van der Waals surface area contributed by atoms with Crippen LogP contribution in [-0.4, -0.2) is 39.1 Å². The zero-order chi connectivity index (χ0) is 16.2. The van der Waals surface area contributed by atoms with E-state index in [0.717, 1.165) is 29.3 Å². The lowest BCUT2D eigenvalue weighted by Crippen LogP contribution is -2.37. The summed E-state index contributed by atoms with van der Waals surface area (Å²) in [6, 6.07) is 5.84. The number of pyridine rings is 1. The molecule has 0 aromatic carbocycles. The summed E-state index contributed by atoms with van der Waals surface area (Å²) >= 11 is 0. The molecule has 2 aromatic rings. The molecule has 6 heteroatoms. The molecule has 0 saturated carbocycles. The Morgan fingerprint density at radius 3 is 2.74 bits per heavy atom. The van der Waals surface area contributed by atoms with E-state index in [4.69, 9.17) is 5.11 Å². The third kappa shape index (κ3) is 3.47. The summed E-state index contributed by atoms with van der Waals surface area (Å²) in [6.45, 7) is 3.45. The maximum Gasteiger partial charge on any atom is 0.306 e. The molecule has 120 valence electrons. The van der Waals surface area contributed by atoms with Crippen molar-refractivity contribution in [2.24, 2.45) is 5.92 Å². The van der Waals surface area contributed by atoms with Gasteiger partial charge in [0, 0.05) is 43.5 Å². The van der Waals surface area contributed by atoms with E-state index in [2.05, 4.69) is 19.9 Å². The van der Waals surface area contributed by atoms with Gasteiger partial charge in [-0.3, -0.25) is 9.78 Å². The minimum atomic E-state index is -0.697. The Morgan fingerprint density at radius 2 is 2.13 bits per heavy atom. The van der Waals surface area contributed by atoms with Crippen LogP contribution < -0.4 is 4.90 Å². The number of carboxylic acid groups (broad SMARTS) is 1. The molecule has 0 aliphatic carbocycles. The van der Waals surface area contributed by atoms with Gasteiger partial charge in [-0.2, -0.15) is 0 Å². The summed E-state index contributed by atoms with van der Waals surface area (Å²) in [5, 5.41) is 9.12. The molecule has 0 atom stereocenters. The Hall–Kier alpha value is -2.50. The van der Waals surface area contributed by atoms with E-state index in [9.17, 15) is 4.79 Å². The van der Waals surface area contributed by atoms with Gasteiger partial charge in [-0.15, -0.1) is 0 Å². The Labute approximate surface area is 135 Å². The Bertz CT molecular complexity index is 682. The van der Waals surface area contributed by atoms with Crippen LogP contribution >= 0.6 is 0 Å². The average molecular weight is 312 g/mol. The van der Waals surface area contributed by atoms with E-state index >= 15 is 0 Å². The van der Waals surface area contributed by atoms with Crippen molar-refractivity contribution < 1.29 is 9.90 Å². The van der Waals surface area contributed by atoms with Crippen LogP contribution in [0, 0.1) is 5.92 Å². The molecule has 0 unspecified atom stereocenters. The van der Waals surface area contributed by atoms with Gasteiger partial charge in [0.2, 0.25) is 0 Å². The summed E-state index contributed by atoms with van der Waals surface area (Å²) in [4.78, 5) is 26.6. The largest absolute Gasteiger partial charge is 0.481 e. The van der Waals surface area contributed by atoms with Crippen LogP contribution in [0.4, 0.5) is 5.82 Å². The van der Waals surface area contributed by atoms with Crippen molar-refractivity contribution >= 4 is 11.8 Å². The number of hydrogen-bond donors (Lipinski definition) is 1. The molecule has 1 saturated heterocycles. The van der Waals surface area contributed by atoms with Gasteiger partial charge >= 0.3 is 5.97 Å². The van der Waals surface area contributed by atoms with Crippen LogP contribution in [0.5, 0.6) is 0 Å². The van der Waals surface area contributed by atoms with E-state index < -0.39 is 5.97 Å². The predicted octanol–water partition coefficient (Wildman–Crippen LogP) is 2.40. The quantitative estimate of drug-likeness (QED) is 0.934. The summed E-state index contributed by atoms with van der Waals surface area (Å²) in [7, 11) is 0. The minimum absolute atomic E-state index is 0.239. The second-order valence-electron chi connectivity index (χ2n) is 5.72. The number of aryl methyl sites for hydroxylation is 1. The van der Waals surface area contributed by atoms with E-state index in [0.29, 0.717) is 25.9 Å². The second kappa shape index (κ2) is 6.73. The fourth-order valence-electron chi connectivity index (χ4n) is 2.82. The molecule has 1 aliphatic heterocycles. The number of nitrogens with zero attached hydrogens (tertiary/aromatic N) is 4. The summed E-state index contributed by atoms with van der Waals surface area (Å²) < 4.78 is 0. The predicted molar refractivity (Wildman–Crippen MR) is 87.2 cm³/mol. The first-order chi connectivity index (χ1) is 11.2. The van der Waals surface area contributed by atoms with Crippen molar-refractivity contribution in [1.29, 1.82) is 0 Å². The highest BCUT2D eigenvalue weighted by atomic mass is 16.4. The van der Waals surface area contributed by atoms with Crippen LogP contribution in [0.1, 0.15) is 25.6 Å². The second-order valence-corrected chi connectivity index (χ2v) is 5.72. The highest BCUT2D eigenvalue weighted by Gasteiger charge is 2.25. The number of rotatable bonds is 4. The van der Waals surface area contributed by atoms with E-state index in [-0.39, 0.29) is 5.92 Å². The normalized spacial score (nSPS) is 15.6. The average Bonchev–Trinajstić information content (AvgIpc) is 2.62. The van der Waals surface area contributed by atoms with Gasteiger partial charge in [0.05, 0.1) is 11.6 Å². The lowest BCUT2D eigenvalue weighted by atomic mass is 9.97. The van der Waals surface area contributed by atoms with E-state index in [1.807, 2.05) is 25.1 Å². The molecule has 3 rings (SSSR count). The topological polar surface area (TPSA) is 79.2 Å². The maximum atomic E-state index is 11.1. The third-order valence-corrected chi connectivity index (χ3v) is 4.20. The number of hydrogen-bond acceptors (Lipinski definition) is 5. The van der Waals surface area contributed by atoms with Crippen molar-refractivity contribution in [2.75, 3.05) is 18.0 Å². The van der Waals surface area contributed by atoms with E-state index in [1.54, 1.807) is 12.4 Å². The SMILES string of the molecule is CCc1nc(-c2cccnc2)cc(N2CCC(C(=O)O)CC2)n1. The van der Waals surface area contributed by atoms with Gasteiger partial charge in [-0.1, -0.05) is 6.92 Å². The molecule has 0 radical (unpaired) electrons. The molecule has 2 aromatic heterocycles. The van der Waals surface area contributed by atoms with Crippen LogP contribution in [0.2, 0.25) is 0 Å². The fourth-order valence-corrected chi connectivity index (χ4v) is 2.82. The Balaban J connectivity index is 1.87. The number of aliphatic carboxylic acids is 1. The zero-order valence-corrected chi connectivity index (χ0v) is 13.1. The molecule has 0 amide bonds. The maximum absolute atomic E-state index is 11.1. The summed E-state index contributed by atoms with van der Waals surface area (Å²) in [6.07, 6.45) is 5.60. The molecule has 0 bridgehead atoms. The molecule has 1 N–H and O–H groups in total. The molecular formula is C17H20N4O2. The third-order valence-electron chi connectivity index (χ3n) is 4.20. The fraction of sp³-hybridized carbons (Fsp3) is 0.412. The van der Waals surface area contributed by atoms with Gasteiger partial charge in [-0.05, 0) is 25.0 Å². The number of anilines is 1. The molecule has 0 spiro atoms. The summed E-state index contributed by atoms with van der Waals surface area (Å²) in [5.74, 6) is 0.732. The van der Waals surface area contributed by atoms with Crippen LogP contribution in [0.15, 0.2) is 30.6 Å². The zero-order valence-electron chi connectivity index (χ0n) is 13.1. The Kier molecular flexibility index (Phi) is 4.50. The molecule has 3 heterocycles. The van der Waals surface area contributed by atoms with Crippen molar-refractivity contribution in [3.63, 3.8) is 0 Å². The van der Waals surface area contributed by atoms with Crippen molar-refractivity contribution in [2.45, 2.75) is 26.2 Å². The first-order valence-electron chi connectivity index (χ1n) is 7.93. The van der Waals surface area contributed by atoms with Gasteiger partial charge < -0.3 is 10.0 Å². The number of piperidine rings is 1. The van der Waals surface area contributed by atoms with Crippen LogP contribution in [0.3, 0.4) is 0 Å². The number of carboxylic acids is 1. The molecular weight excluding hydrogens is 292 g/mol. The lowest BCUT2D eigenvalue weighted by Gasteiger charge is -2.31. The highest BCUT2D eigenvalue weighted by Crippen LogP contribution is 2.25. The van der Waals surface area contributed by atoms with E-state index in [1.165, 1.54) is 0 Å². The molecule has 23 heavy (non-hydrogen) atoms. The Morgan fingerprint density at radius 1 is 1.35 bits per heavy atom. The van der Waals surface area contributed by atoms with Gasteiger partial charge in [-0.25, -0.2) is 9.97 Å². The molecule has 6 nitrogen and oxygen atoms in total. The number of aromatic nitrogens is 3. The van der Waals surface area contributed by atoms with Crippen molar-refractivity contribution in [1.82, 2.24) is 15.0 Å². The van der Waals surface area contributed by atoms with Crippen LogP contribution in [0.25, 0.3) is 11.3 Å². The van der Waals surface area contributed by atoms with Crippen LogP contribution in [-0.2, 0) is 11.2 Å². The molecule has 1 aliphatic rings. The lowest BCUT2D eigenvalue weighted by molar-refractivity contribution is -0.142. The summed E-state index contributed by atoms with van der Waals surface area (Å²) in [5.41, 5.74) is 1.83. The van der Waals surface area contributed by atoms with Crippen molar-refractivity contribution in [3.05, 3.63) is 36.4 Å². The van der Waals surface area contributed by atoms with Gasteiger partial charge in [0.15, 0.2) is 0 Å². The highest BCUT2D eigenvalue weighted by molar-refractivity contribution is 5.70. The monoisotopic (exact) mass is 312 g/mol. The van der Waals surface area contributed by atoms with Gasteiger partial charge in [0.1, 0.15) is 11.6 Å². The first kappa shape index (κ1) is 15.4. The smallest absolute Gasteiger partial charge is 0.306 e. The minimum Gasteiger partial charge on any atom is -0.481 e.